The number of aliphatic imine (C=N–C) groups is 1. The lowest BCUT2D eigenvalue weighted by Crippen LogP contribution is -2.27. The molecule has 2 aromatic carbocycles. The maximum Gasteiger partial charge on any atom is 0.324 e. The minimum absolute atomic E-state index is 0.332. The topological polar surface area (TPSA) is 65.5 Å². The third-order valence-electron chi connectivity index (χ3n) is 3.19. The van der Waals surface area contributed by atoms with Crippen LogP contribution < -0.4 is 16.0 Å². The van der Waals surface area contributed by atoms with E-state index in [1.165, 1.54) is 0 Å². The van der Waals surface area contributed by atoms with Gasteiger partial charge in [0.2, 0.25) is 0 Å². The number of benzene rings is 2. The van der Waals surface area contributed by atoms with Crippen LogP contribution in [0.1, 0.15) is 11.1 Å². The maximum atomic E-state index is 12.0. The zero-order valence-corrected chi connectivity index (χ0v) is 12.1. The summed E-state index contributed by atoms with van der Waals surface area (Å²) in [7, 11) is 0. The number of nitrogens with one attached hydrogen (secondary N) is 3. The van der Waals surface area contributed by atoms with E-state index in [1.807, 2.05) is 55.5 Å². The van der Waals surface area contributed by atoms with Crippen molar-refractivity contribution in [2.75, 3.05) is 10.6 Å². The van der Waals surface area contributed by atoms with E-state index in [2.05, 4.69) is 20.9 Å². The van der Waals surface area contributed by atoms with Crippen molar-refractivity contribution in [3.63, 3.8) is 0 Å². The zero-order valence-electron chi connectivity index (χ0n) is 12.1. The molecule has 0 aliphatic carbocycles. The molecule has 1 aliphatic heterocycles. The van der Waals surface area contributed by atoms with Crippen LogP contribution in [0, 0.1) is 6.92 Å². The van der Waals surface area contributed by atoms with E-state index in [0.29, 0.717) is 5.82 Å². The minimum atomic E-state index is -0.332. The smallest absolute Gasteiger partial charge is 0.324 e. The molecular weight excluding hydrogens is 276 g/mol. The highest BCUT2D eigenvalue weighted by atomic mass is 16.2. The zero-order chi connectivity index (χ0) is 15.4. The van der Waals surface area contributed by atoms with E-state index in [-0.39, 0.29) is 6.03 Å². The molecule has 0 saturated heterocycles. The molecule has 0 atom stereocenters. The molecule has 2 amide bonds. The monoisotopic (exact) mass is 292 g/mol. The second-order valence-corrected chi connectivity index (χ2v) is 4.97. The summed E-state index contributed by atoms with van der Waals surface area (Å²) in [5.41, 5.74) is 3.74. The van der Waals surface area contributed by atoms with Crippen LogP contribution in [0.5, 0.6) is 0 Å². The van der Waals surface area contributed by atoms with Crippen molar-refractivity contribution in [3.8, 4) is 0 Å². The fourth-order valence-electron chi connectivity index (χ4n) is 2.13. The summed E-state index contributed by atoms with van der Waals surface area (Å²) >= 11 is 0. The number of nitrogens with zero attached hydrogens (tertiary/aromatic N) is 1. The number of urea groups is 1. The van der Waals surface area contributed by atoms with Crippen molar-refractivity contribution in [2.45, 2.75) is 6.92 Å². The molecule has 0 aromatic heterocycles. The second-order valence-electron chi connectivity index (χ2n) is 4.97. The van der Waals surface area contributed by atoms with E-state index in [4.69, 9.17) is 0 Å². The molecule has 1 aliphatic rings. The van der Waals surface area contributed by atoms with E-state index in [1.54, 1.807) is 12.4 Å². The Balaban J connectivity index is 1.66. The molecule has 110 valence electrons. The molecule has 0 bridgehead atoms. The molecule has 3 rings (SSSR count). The van der Waals surface area contributed by atoms with Crippen LogP contribution in [-0.2, 0) is 0 Å². The number of aryl methyl sites for hydroxylation is 1. The summed E-state index contributed by atoms with van der Waals surface area (Å²) in [6.07, 6.45) is 3.38. The summed E-state index contributed by atoms with van der Waals surface area (Å²) in [5, 5.41) is 8.62. The Labute approximate surface area is 128 Å². The Kier molecular flexibility index (Phi) is 3.87. The fourth-order valence-corrected chi connectivity index (χ4v) is 2.13. The number of amides is 2. The quantitative estimate of drug-likeness (QED) is 0.793. The van der Waals surface area contributed by atoms with Gasteiger partial charge < -0.3 is 10.6 Å². The molecule has 0 spiro atoms. The van der Waals surface area contributed by atoms with Gasteiger partial charge in [0.05, 0.1) is 0 Å². The van der Waals surface area contributed by atoms with Gasteiger partial charge in [-0.2, -0.15) is 0 Å². The van der Waals surface area contributed by atoms with E-state index >= 15 is 0 Å². The van der Waals surface area contributed by atoms with Gasteiger partial charge in [-0.1, -0.05) is 30.3 Å². The molecule has 0 unspecified atom stereocenters. The molecular formula is C17H16N4O. The maximum absolute atomic E-state index is 12.0. The lowest BCUT2D eigenvalue weighted by molar-refractivity contribution is 0.254. The predicted octanol–water partition coefficient (Wildman–Crippen LogP) is 3.46. The number of hydrogen-bond donors (Lipinski definition) is 3. The third kappa shape index (κ3) is 3.32. The summed E-state index contributed by atoms with van der Waals surface area (Å²) in [6, 6.07) is 15.1. The Hall–Kier alpha value is -3.08. The molecule has 3 N–H and O–H groups in total. The standard InChI is InChI=1S/C17H16N4O/c1-12-5-4-7-14(9-12)20-17(22)21-16-11-18-15-8-3-2-6-13(15)10-19-16/h2-11,18H,1H3,(H2,20,21,22). The van der Waals surface area contributed by atoms with Gasteiger partial charge in [-0.05, 0) is 30.7 Å². The number of carbonyl (C=O) groups excluding carboxylic acids is 1. The Morgan fingerprint density at radius 2 is 1.95 bits per heavy atom. The average Bonchev–Trinajstić information content (AvgIpc) is 2.70. The first-order valence-corrected chi connectivity index (χ1v) is 6.95. The van der Waals surface area contributed by atoms with Gasteiger partial charge in [-0.15, -0.1) is 0 Å². The number of para-hydroxylation sites is 1. The third-order valence-corrected chi connectivity index (χ3v) is 3.19. The summed E-state index contributed by atoms with van der Waals surface area (Å²) < 4.78 is 0. The Bertz CT molecular complexity index is 765. The van der Waals surface area contributed by atoms with Gasteiger partial charge in [0.25, 0.3) is 0 Å². The minimum Gasteiger partial charge on any atom is -0.358 e. The van der Waals surface area contributed by atoms with Gasteiger partial charge in [-0.3, -0.25) is 5.32 Å². The van der Waals surface area contributed by atoms with Crippen LogP contribution in [0.3, 0.4) is 0 Å². The number of carbonyl (C=O) groups is 1. The van der Waals surface area contributed by atoms with Crippen molar-refractivity contribution >= 4 is 23.6 Å². The van der Waals surface area contributed by atoms with Gasteiger partial charge >= 0.3 is 6.03 Å². The van der Waals surface area contributed by atoms with Crippen LogP contribution >= 0.6 is 0 Å². The first-order chi connectivity index (χ1) is 10.7. The van der Waals surface area contributed by atoms with Crippen LogP contribution in [-0.4, -0.2) is 12.2 Å². The number of hydrogen-bond acceptors (Lipinski definition) is 3. The lowest BCUT2D eigenvalue weighted by atomic mass is 10.2. The molecule has 5 nitrogen and oxygen atoms in total. The molecule has 2 aromatic rings. The lowest BCUT2D eigenvalue weighted by Gasteiger charge is -2.08. The predicted molar refractivity (Wildman–Crippen MR) is 89.1 cm³/mol. The van der Waals surface area contributed by atoms with Crippen LogP contribution in [0.25, 0.3) is 0 Å². The van der Waals surface area contributed by atoms with E-state index < -0.39 is 0 Å². The number of anilines is 2. The van der Waals surface area contributed by atoms with Crippen LogP contribution in [0.2, 0.25) is 0 Å². The van der Waals surface area contributed by atoms with E-state index in [0.717, 1.165) is 22.5 Å². The normalized spacial score (nSPS) is 12.5. The Morgan fingerprint density at radius 1 is 1.09 bits per heavy atom. The number of rotatable bonds is 2. The van der Waals surface area contributed by atoms with Gasteiger partial charge in [0.15, 0.2) is 0 Å². The van der Waals surface area contributed by atoms with Gasteiger partial charge in [0.1, 0.15) is 5.82 Å². The van der Waals surface area contributed by atoms with Crippen molar-refractivity contribution in [1.29, 1.82) is 0 Å². The molecule has 1 heterocycles. The SMILES string of the molecule is Cc1cccc(NC(=O)NC2=CNc3ccccc3C=N2)c1. The summed E-state index contributed by atoms with van der Waals surface area (Å²) in [5.74, 6) is 0.446. The van der Waals surface area contributed by atoms with Crippen molar-refractivity contribution in [2.24, 2.45) is 4.99 Å². The Morgan fingerprint density at radius 3 is 2.82 bits per heavy atom. The van der Waals surface area contributed by atoms with Gasteiger partial charge in [-0.25, -0.2) is 9.79 Å². The highest BCUT2D eigenvalue weighted by Gasteiger charge is 2.07. The van der Waals surface area contributed by atoms with Crippen molar-refractivity contribution in [1.82, 2.24) is 5.32 Å². The molecule has 0 radical (unpaired) electrons. The average molecular weight is 292 g/mol. The summed E-state index contributed by atoms with van der Waals surface area (Å²) in [4.78, 5) is 16.3. The van der Waals surface area contributed by atoms with E-state index in [9.17, 15) is 4.79 Å². The van der Waals surface area contributed by atoms with Gasteiger partial charge in [0, 0.05) is 29.4 Å². The second kappa shape index (κ2) is 6.13. The molecule has 0 fully saturated rings. The first-order valence-electron chi connectivity index (χ1n) is 6.95. The van der Waals surface area contributed by atoms with Crippen molar-refractivity contribution < 1.29 is 4.79 Å². The first kappa shape index (κ1) is 13.9. The van der Waals surface area contributed by atoms with Crippen LogP contribution in [0.4, 0.5) is 16.2 Å². The van der Waals surface area contributed by atoms with Crippen LogP contribution in [0.15, 0.2) is 65.5 Å². The highest BCUT2D eigenvalue weighted by Crippen LogP contribution is 2.16. The molecule has 0 saturated carbocycles. The fraction of sp³-hybridized carbons (Fsp3) is 0.0588. The number of fused-ring (bicyclic) bond motifs is 1. The highest BCUT2D eigenvalue weighted by molar-refractivity contribution is 5.92. The summed E-state index contributed by atoms with van der Waals surface area (Å²) in [6.45, 7) is 1.97. The largest absolute Gasteiger partial charge is 0.358 e. The van der Waals surface area contributed by atoms with Crippen molar-refractivity contribution in [3.05, 3.63) is 71.7 Å². The molecule has 22 heavy (non-hydrogen) atoms. The molecule has 5 heteroatoms.